The first-order valence-corrected chi connectivity index (χ1v) is 9.31. The van der Waals surface area contributed by atoms with Gasteiger partial charge in [-0.2, -0.15) is 0 Å². The third-order valence-corrected chi connectivity index (χ3v) is 4.46. The molecule has 3 rings (SSSR count). The van der Waals surface area contributed by atoms with E-state index in [1.807, 2.05) is 13.8 Å². The van der Waals surface area contributed by atoms with E-state index < -0.39 is 16.8 Å². The van der Waals surface area contributed by atoms with Crippen molar-refractivity contribution in [3.05, 3.63) is 38.2 Å². The van der Waals surface area contributed by atoms with Crippen molar-refractivity contribution in [3.63, 3.8) is 0 Å². The molecule has 1 aliphatic rings. The Morgan fingerprint density at radius 3 is 2.63 bits per heavy atom. The molecule has 1 saturated carbocycles. The van der Waals surface area contributed by atoms with Gasteiger partial charge in [0.2, 0.25) is 0 Å². The number of pyridine rings is 1. The minimum absolute atomic E-state index is 0.145. The molecule has 0 saturated heterocycles. The molecule has 1 fully saturated rings. The number of fused-ring (bicyclic) bond motifs is 1. The third kappa shape index (κ3) is 4.27. The predicted octanol–water partition coefficient (Wildman–Crippen LogP) is 1.09. The van der Waals surface area contributed by atoms with Crippen LogP contribution in [-0.2, 0) is 6.54 Å². The van der Waals surface area contributed by atoms with Crippen LogP contribution < -0.4 is 22.3 Å². The molecule has 1 aliphatic carbocycles. The average molecular weight is 373 g/mol. The van der Waals surface area contributed by atoms with Gasteiger partial charge in [0.05, 0.1) is 10.9 Å². The molecule has 0 atom stereocenters. The lowest BCUT2D eigenvalue weighted by molar-refractivity contribution is 0.0947. The molecule has 27 heavy (non-hydrogen) atoms. The molecule has 0 bridgehead atoms. The van der Waals surface area contributed by atoms with Gasteiger partial charge in [-0.15, -0.1) is 0 Å². The summed E-state index contributed by atoms with van der Waals surface area (Å²) in [4.78, 5) is 44.7. The summed E-state index contributed by atoms with van der Waals surface area (Å²) in [5.41, 5.74) is 5.54. The molecule has 8 nitrogen and oxygen atoms in total. The number of carbonyl (C=O) groups is 1. The molecular weight excluding hydrogens is 346 g/mol. The molecule has 4 N–H and O–H groups in total. The molecule has 1 amide bonds. The van der Waals surface area contributed by atoms with Crippen LogP contribution in [0.5, 0.6) is 0 Å². The van der Waals surface area contributed by atoms with Crippen LogP contribution in [-0.4, -0.2) is 32.5 Å². The third-order valence-electron chi connectivity index (χ3n) is 4.46. The first kappa shape index (κ1) is 19.3. The second-order valence-corrected chi connectivity index (χ2v) is 8.50. The Kier molecular flexibility index (Phi) is 4.94. The number of aromatic amines is 1. The highest BCUT2D eigenvalue weighted by molar-refractivity contribution is 6.05. The highest BCUT2D eigenvalue weighted by atomic mass is 16.2. The molecule has 2 aromatic rings. The van der Waals surface area contributed by atoms with E-state index in [0.29, 0.717) is 6.54 Å². The van der Waals surface area contributed by atoms with Crippen LogP contribution in [0.4, 0.5) is 0 Å². The van der Waals surface area contributed by atoms with Crippen molar-refractivity contribution in [1.29, 1.82) is 0 Å². The zero-order valence-corrected chi connectivity index (χ0v) is 16.3. The van der Waals surface area contributed by atoms with Crippen LogP contribution in [0, 0.1) is 5.92 Å². The van der Waals surface area contributed by atoms with Gasteiger partial charge in [0.1, 0.15) is 0 Å². The summed E-state index contributed by atoms with van der Waals surface area (Å²) in [7, 11) is 0. The molecule has 0 unspecified atom stereocenters. The van der Waals surface area contributed by atoms with Crippen molar-refractivity contribution in [1.82, 2.24) is 19.9 Å². The number of rotatable bonds is 6. The second kappa shape index (κ2) is 6.92. The first-order chi connectivity index (χ1) is 12.6. The first-order valence-electron chi connectivity index (χ1n) is 9.31. The van der Waals surface area contributed by atoms with Gasteiger partial charge in [-0.1, -0.05) is 13.8 Å². The van der Waals surface area contributed by atoms with Crippen LogP contribution in [0.1, 0.15) is 62.5 Å². The quantitative estimate of drug-likeness (QED) is 0.699. The zero-order chi connectivity index (χ0) is 19.9. The van der Waals surface area contributed by atoms with E-state index in [1.54, 1.807) is 19.9 Å². The predicted molar refractivity (Wildman–Crippen MR) is 104 cm³/mol. The van der Waals surface area contributed by atoms with E-state index in [9.17, 15) is 14.4 Å². The molecule has 0 spiro atoms. The van der Waals surface area contributed by atoms with E-state index >= 15 is 0 Å². The lowest BCUT2D eigenvalue weighted by atomic mass is 10.1. The van der Waals surface area contributed by atoms with Crippen molar-refractivity contribution in [2.24, 2.45) is 11.7 Å². The molecule has 0 aliphatic heterocycles. The maximum Gasteiger partial charge on any atom is 0.330 e. The SMILES string of the molecule is CC(C)Cn1c(=O)[nH]c(=O)c2c(C(=O)NCC(C)(C)N)cc(C3CC3)nc21. The fraction of sp³-hybridized carbons (Fsp3) is 0.579. The number of carbonyl (C=O) groups excluding carboxylic acids is 1. The summed E-state index contributed by atoms with van der Waals surface area (Å²) in [5.74, 6) is 0.0651. The van der Waals surface area contributed by atoms with Crippen LogP contribution >= 0.6 is 0 Å². The normalized spacial score (nSPS) is 14.7. The summed E-state index contributed by atoms with van der Waals surface area (Å²) in [6.07, 6.45) is 1.99. The maximum atomic E-state index is 12.8. The topological polar surface area (TPSA) is 123 Å². The largest absolute Gasteiger partial charge is 0.350 e. The second-order valence-electron chi connectivity index (χ2n) is 8.50. The van der Waals surface area contributed by atoms with E-state index in [1.165, 1.54) is 4.57 Å². The smallest absolute Gasteiger partial charge is 0.330 e. The fourth-order valence-corrected chi connectivity index (χ4v) is 3.00. The summed E-state index contributed by atoms with van der Waals surface area (Å²) in [6, 6.07) is 1.68. The summed E-state index contributed by atoms with van der Waals surface area (Å²) in [6.45, 7) is 8.24. The van der Waals surface area contributed by atoms with Gasteiger partial charge in [0.25, 0.3) is 11.5 Å². The Bertz CT molecular complexity index is 993. The van der Waals surface area contributed by atoms with E-state index in [-0.39, 0.29) is 40.9 Å². The average Bonchev–Trinajstić information content (AvgIpc) is 3.39. The number of nitrogens with two attached hydrogens (primary N) is 1. The summed E-state index contributed by atoms with van der Waals surface area (Å²) < 4.78 is 1.46. The van der Waals surface area contributed by atoms with Gasteiger partial charge in [0, 0.05) is 30.2 Å². The molecular formula is C19H27N5O3. The standard InChI is InChI=1S/C19H27N5O3/c1-10(2)8-24-15-14(17(26)23-18(24)27)12(7-13(22-15)11-5-6-11)16(25)21-9-19(3,4)20/h7,10-11H,5-6,8-9,20H2,1-4H3,(H,21,25)(H,23,26,27). The highest BCUT2D eigenvalue weighted by Crippen LogP contribution is 2.39. The zero-order valence-electron chi connectivity index (χ0n) is 16.3. The van der Waals surface area contributed by atoms with Crippen LogP contribution in [0.2, 0.25) is 0 Å². The summed E-state index contributed by atoms with van der Waals surface area (Å²) >= 11 is 0. The summed E-state index contributed by atoms with van der Waals surface area (Å²) in [5, 5.41) is 2.93. The monoisotopic (exact) mass is 373 g/mol. The number of nitrogens with one attached hydrogen (secondary N) is 2. The molecule has 146 valence electrons. The van der Waals surface area contributed by atoms with Crippen molar-refractivity contribution in [2.75, 3.05) is 6.54 Å². The fourth-order valence-electron chi connectivity index (χ4n) is 3.00. The lowest BCUT2D eigenvalue weighted by Crippen LogP contribution is -2.45. The van der Waals surface area contributed by atoms with Crippen LogP contribution in [0.3, 0.4) is 0 Å². The molecule has 0 radical (unpaired) electrons. The number of nitrogens with zero attached hydrogens (tertiary/aromatic N) is 2. The highest BCUT2D eigenvalue weighted by Gasteiger charge is 2.29. The van der Waals surface area contributed by atoms with E-state index in [0.717, 1.165) is 18.5 Å². The molecule has 0 aromatic carbocycles. The van der Waals surface area contributed by atoms with Crippen molar-refractivity contribution in [3.8, 4) is 0 Å². The van der Waals surface area contributed by atoms with Crippen LogP contribution in [0.25, 0.3) is 11.0 Å². The van der Waals surface area contributed by atoms with Gasteiger partial charge in [-0.25, -0.2) is 9.78 Å². The molecule has 2 aromatic heterocycles. The minimum atomic E-state index is -0.595. The van der Waals surface area contributed by atoms with Gasteiger partial charge >= 0.3 is 5.69 Å². The Balaban J connectivity index is 2.21. The minimum Gasteiger partial charge on any atom is -0.350 e. The van der Waals surface area contributed by atoms with Crippen molar-refractivity contribution >= 4 is 16.9 Å². The van der Waals surface area contributed by atoms with E-state index in [2.05, 4.69) is 15.3 Å². The van der Waals surface area contributed by atoms with Gasteiger partial charge in [0.15, 0.2) is 5.65 Å². The van der Waals surface area contributed by atoms with Gasteiger partial charge in [-0.3, -0.25) is 19.1 Å². The maximum absolute atomic E-state index is 12.8. The number of amides is 1. The van der Waals surface area contributed by atoms with Gasteiger partial charge < -0.3 is 11.1 Å². The Hall–Kier alpha value is -2.48. The number of hydrogen-bond donors (Lipinski definition) is 3. The number of H-pyrrole nitrogens is 1. The van der Waals surface area contributed by atoms with Crippen molar-refractivity contribution < 1.29 is 4.79 Å². The van der Waals surface area contributed by atoms with Crippen LogP contribution in [0.15, 0.2) is 15.7 Å². The number of hydrogen-bond acceptors (Lipinski definition) is 5. The molecule has 8 heteroatoms. The Labute approximate surface area is 157 Å². The number of aromatic nitrogens is 3. The van der Waals surface area contributed by atoms with E-state index in [4.69, 9.17) is 5.73 Å². The lowest BCUT2D eigenvalue weighted by Gasteiger charge is -2.19. The Morgan fingerprint density at radius 2 is 2.07 bits per heavy atom. The van der Waals surface area contributed by atoms with Gasteiger partial charge in [-0.05, 0) is 38.7 Å². The van der Waals surface area contributed by atoms with Crippen molar-refractivity contribution in [2.45, 2.75) is 58.5 Å². The Morgan fingerprint density at radius 1 is 1.41 bits per heavy atom. The molecule has 2 heterocycles.